The summed E-state index contributed by atoms with van der Waals surface area (Å²) in [5.74, 6) is 0. The summed E-state index contributed by atoms with van der Waals surface area (Å²) in [6.45, 7) is -0.787. The van der Waals surface area contributed by atoms with Gasteiger partial charge in [-0.05, 0) is 22.0 Å². The molecule has 2 nitrogen and oxygen atoms in total. The fourth-order valence-electron chi connectivity index (χ4n) is 0.730. The summed E-state index contributed by atoms with van der Waals surface area (Å²) in [6.07, 6.45) is 0.497. The van der Waals surface area contributed by atoms with Gasteiger partial charge in [0.2, 0.25) is 0 Å². The Bertz CT molecular complexity index is 244. The van der Waals surface area contributed by atoms with Crippen molar-refractivity contribution < 1.29 is 9.50 Å². The van der Waals surface area contributed by atoms with E-state index in [2.05, 4.69) is 20.9 Å². The summed E-state index contributed by atoms with van der Waals surface area (Å²) in [7, 11) is 0. The van der Waals surface area contributed by atoms with Gasteiger partial charge >= 0.3 is 0 Å². The van der Waals surface area contributed by atoms with E-state index >= 15 is 0 Å². The maximum atomic E-state index is 12.0. The molecule has 0 aliphatic carbocycles. The molecular weight excluding hydrogens is 213 g/mol. The zero-order chi connectivity index (χ0) is 8.27. The Hall–Kier alpha value is -0.480. The molecule has 1 heterocycles. The SMILES string of the molecule is OC(CF)c1cccnc1Br. The lowest BCUT2D eigenvalue weighted by Gasteiger charge is -2.06. The second kappa shape index (κ2) is 3.78. The van der Waals surface area contributed by atoms with Crippen molar-refractivity contribution >= 4 is 15.9 Å². The molecule has 1 unspecified atom stereocenters. The van der Waals surface area contributed by atoms with Crippen LogP contribution in [-0.2, 0) is 0 Å². The molecule has 0 saturated heterocycles. The van der Waals surface area contributed by atoms with Crippen LogP contribution in [0.2, 0.25) is 0 Å². The van der Waals surface area contributed by atoms with Crippen molar-refractivity contribution in [2.75, 3.05) is 6.67 Å². The van der Waals surface area contributed by atoms with Gasteiger partial charge in [0.1, 0.15) is 17.4 Å². The lowest BCUT2D eigenvalue weighted by molar-refractivity contribution is 0.140. The molecule has 1 aromatic heterocycles. The molecule has 0 aliphatic rings. The van der Waals surface area contributed by atoms with E-state index < -0.39 is 12.8 Å². The van der Waals surface area contributed by atoms with E-state index in [1.54, 1.807) is 18.3 Å². The van der Waals surface area contributed by atoms with Crippen molar-refractivity contribution in [3.05, 3.63) is 28.5 Å². The highest BCUT2D eigenvalue weighted by Crippen LogP contribution is 2.20. The molecule has 1 N–H and O–H groups in total. The topological polar surface area (TPSA) is 33.1 Å². The normalized spacial score (nSPS) is 13.0. The van der Waals surface area contributed by atoms with Crippen molar-refractivity contribution in [2.24, 2.45) is 0 Å². The standard InChI is InChI=1S/C7H7BrFNO/c8-7-5(6(11)4-9)2-1-3-10-7/h1-3,6,11H,4H2. The molecule has 0 amide bonds. The molecular formula is C7H7BrFNO. The first kappa shape index (κ1) is 8.62. The van der Waals surface area contributed by atoms with Gasteiger partial charge in [-0.2, -0.15) is 0 Å². The first-order valence-corrected chi connectivity index (χ1v) is 3.89. The maximum Gasteiger partial charge on any atom is 0.120 e. The molecule has 1 atom stereocenters. The third-order valence-corrected chi connectivity index (χ3v) is 1.96. The van der Waals surface area contributed by atoms with E-state index in [0.717, 1.165) is 0 Å². The van der Waals surface area contributed by atoms with Crippen LogP contribution in [0.15, 0.2) is 22.9 Å². The van der Waals surface area contributed by atoms with Gasteiger partial charge in [-0.1, -0.05) is 6.07 Å². The molecule has 4 heteroatoms. The number of aliphatic hydroxyl groups excluding tert-OH is 1. The minimum absolute atomic E-state index is 0.481. The van der Waals surface area contributed by atoms with Crippen LogP contribution in [0.3, 0.4) is 0 Å². The van der Waals surface area contributed by atoms with Crippen LogP contribution in [0, 0.1) is 0 Å². The van der Waals surface area contributed by atoms with E-state index in [1.165, 1.54) is 0 Å². The average Bonchev–Trinajstić information content (AvgIpc) is 2.04. The molecule has 60 valence electrons. The number of alkyl halides is 1. The van der Waals surface area contributed by atoms with Gasteiger partial charge in [-0.3, -0.25) is 0 Å². The number of pyridine rings is 1. The summed E-state index contributed by atoms with van der Waals surface area (Å²) in [6, 6.07) is 3.28. The first-order valence-electron chi connectivity index (χ1n) is 3.10. The lowest BCUT2D eigenvalue weighted by Crippen LogP contribution is -2.00. The molecule has 11 heavy (non-hydrogen) atoms. The predicted molar refractivity (Wildman–Crippen MR) is 42.9 cm³/mol. The minimum Gasteiger partial charge on any atom is -0.386 e. The Balaban J connectivity index is 2.93. The molecule has 1 rings (SSSR count). The Labute approximate surface area is 72.2 Å². The summed E-state index contributed by atoms with van der Waals surface area (Å²) in [4.78, 5) is 3.84. The van der Waals surface area contributed by atoms with Crippen molar-refractivity contribution in [3.63, 3.8) is 0 Å². The molecule has 0 fully saturated rings. The van der Waals surface area contributed by atoms with E-state index in [-0.39, 0.29) is 0 Å². The van der Waals surface area contributed by atoms with Gasteiger partial charge in [-0.15, -0.1) is 0 Å². The van der Waals surface area contributed by atoms with Crippen LogP contribution in [0.5, 0.6) is 0 Å². The van der Waals surface area contributed by atoms with E-state index in [4.69, 9.17) is 5.11 Å². The molecule has 1 aromatic rings. The van der Waals surface area contributed by atoms with Gasteiger partial charge in [-0.25, -0.2) is 9.37 Å². The largest absolute Gasteiger partial charge is 0.386 e. The molecule has 0 radical (unpaired) electrons. The van der Waals surface area contributed by atoms with Crippen LogP contribution in [0.25, 0.3) is 0 Å². The number of hydrogen-bond donors (Lipinski definition) is 1. The Kier molecular flexibility index (Phi) is 2.96. The van der Waals surface area contributed by atoms with Crippen LogP contribution >= 0.6 is 15.9 Å². The summed E-state index contributed by atoms with van der Waals surface area (Å²) >= 11 is 3.10. The van der Waals surface area contributed by atoms with E-state index in [9.17, 15) is 4.39 Å². The summed E-state index contributed by atoms with van der Waals surface area (Å²) < 4.78 is 12.4. The minimum atomic E-state index is -1.07. The van der Waals surface area contributed by atoms with Crippen molar-refractivity contribution in [3.8, 4) is 0 Å². The van der Waals surface area contributed by atoms with E-state index in [0.29, 0.717) is 10.2 Å². The lowest BCUT2D eigenvalue weighted by atomic mass is 10.2. The highest BCUT2D eigenvalue weighted by molar-refractivity contribution is 9.10. The Morgan fingerprint density at radius 3 is 3.00 bits per heavy atom. The molecule has 0 spiro atoms. The number of halogens is 2. The van der Waals surface area contributed by atoms with Gasteiger partial charge in [0.25, 0.3) is 0 Å². The quantitative estimate of drug-likeness (QED) is 0.771. The smallest absolute Gasteiger partial charge is 0.120 e. The fourth-order valence-corrected chi connectivity index (χ4v) is 1.24. The second-order valence-electron chi connectivity index (χ2n) is 2.05. The van der Waals surface area contributed by atoms with Gasteiger partial charge in [0, 0.05) is 11.8 Å². The predicted octanol–water partition coefficient (Wildman–Crippen LogP) is 1.85. The van der Waals surface area contributed by atoms with Crippen molar-refractivity contribution in [2.45, 2.75) is 6.10 Å². The van der Waals surface area contributed by atoms with Crippen LogP contribution < -0.4 is 0 Å². The van der Waals surface area contributed by atoms with Crippen LogP contribution in [0.1, 0.15) is 11.7 Å². The maximum absolute atomic E-state index is 12.0. The van der Waals surface area contributed by atoms with Crippen molar-refractivity contribution in [1.82, 2.24) is 4.98 Å². The van der Waals surface area contributed by atoms with Gasteiger partial charge < -0.3 is 5.11 Å². The number of aliphatic hydroxyl groups is 1. The summed E-state index contributed by atoms with van der Waals surface area (Å²) in [5.41, 5.74) is 0.481. The molecule has 0 aliphatic heterocycles. The highest BCUT2D eigenvalue weighted by atomic mass is 79.9. The van der Waals surface area contributed by atoms with Crippen LogP contribution in [-0.4, -0.2) is 16.8 Å². The number of hydrogen-bond acceptors (Lipinski definition) is 2. The number of nitrogens with zero attached hydrogens (tertiary/aromatic N) is 1. The van der Waals surface area contributed by atoms with Crippen LogP contribution in [0.4, 0.5) is 4.39 Å². The van der Waals surface area contributed by atoms with Gasteiger partial charge in [0.05, 0.1) is 0 Å². The Morgan fingerprint density at radius 2 is 2.45 bits per heavy atom. The first-order chi connectivity index (χ1) is 5.25. The Morgan fingerprint density at radius 1 is 1.73 bits per heavy atom. The summed E-state index contributed by atoms with van der Waals surface area (Å²) in [5, 5.41) is 9.07. The third kappa shape index (κ3) is 1.97. The molecule has 0 aromatic carbocycles. The highest BCUT2D eigenvalue weighted by Gasteiger charge is 2.09. The second-order valence-corrected chi connectivity index (χ2v) is 2.80. The van der Waals surface area contributed by atoms with Crippen molar-refractivity contribution in [1.29, 1.82) is 0 Å². The molecule has 0 saturated carbocycles. The third-order valence-electron chi connectivity index (χ3n) is 1.29. The van der Waals surface area contributed by atoms with Gasteiger partial charge in [0.15, 0.2) is 0 Å². The fraction of sp³-hybridized carbons (Fsp3) is 0.286. The molecule has 0 bridgehead atoms. The van der Waals surface area contributed by atoms with E-state index in [1.807, 2.05) is 0 Å². The number of rotatable bonds is 2. The number of aromatic nitrogens is 1. The zero-order valence-corrected chi connectivity index (χ0v) is 7.25. The zero-order valence-electron chi connectivity index (χ0n) is 5.67. The monoisotopic (exact) mass is 219 g/mol. The average molecular weight is 220 g/mol.